The van der Waals surface area contributed by atoms with Crippen LogP contribution in [0, 0.1) is 5.92 Å². The zero-order valence-electron chi connectivity index (χ0n) is 15.0. The first-order valence-electron chi connectivity index (χ1n) is 8.14. The Labute approximate surface area is 148 Å². The van der Waals surface area contributed by atoms with Gasteiger partial charge in [-0.15, -0.1) is 0 Å². The number of rotatable bonds is 7. The highest BCUT2D eigenvalue weighted by Gasteiger charge is 2.12. The van der Waals surface area contributed by atoms with E-state index in [-0.39, 0.29) is 11.7 Å². The van der Waals surface area contributed by atoms with Gasteiger partial charge >= 0.3 is 0 Å². The second-order valence-electron chi connectivity index (χ2n) is 6.16. The molecule has 0 saturated heterocycles. The third kappa shape index (κ3) is 5.08. The lowest BCUT2D eigenvalue weighted by atomic mass is 10.1. The number of benzene rings is 2. The molecule has 0 saturated carbocycles. The average Bonchev–Trinajstić information content (AvgIpc) is 2.60. The van der Waals surface area contributed by atoms with Crippen LogP contribution in [-0.4, -0.2) is 25.4 Å². The highest BCUT2D eigenvalue weighted by atomic mass is 16.5. The summed E-state index contributed by atoms with van der Waals surface area (Å²) in [5.41, 5.74) is 1.69. The Kier molecular flexibility index (Phi) is 6.17. The largest absolute Gasteiger partial charge is 0.493 e. The molecule has 0 aliphatic heterocycles. The summed E-state index contributed by atoms with van der Waals surface area (Å²) >= 11 is 0. The number of hydrogen-bond donors (Lipinski definition) is 1. The molecule has 2 aromatic rings. The number of amides is 1. The van der Waals surface area contributed by atoms with E-state index < -0.39 is 0 Å². The summed E-state index contributed by atoms with van der Waals surface area (Å²) in [5.74, 6) is 1.24. The van der Waals surface area contributed by atoms with E-state index in [0.29, 0.717) is 40.8 Å². The Balaban J connectivity index is 2.11. The summed E-state index contributed by atoms with van der Waals surface area (Å²) in [4.78, 5) is 23.7. The number of anilines is 1. The van der Waals surface area contributed by atoms with Crippen LogP contribution in [0.1, 0.15) is 41.5 Å². The van der Waals surface area contributed by atoms with Gasteiger partial charge in [-0.1, -0.05) is 13.8 Å². The van der Waals surface area contributed by atoms with E-state index in [0.717, 1.165) is 0 Å². The van der Waals surface area contributed by atoms with Crippen molar-refractivity contribution in [1.29, 1.82) is 0 Å². The Morgan fingerprint density at radius 2 is 1.64 bits per heavy atom. The maximum atomic E-state index is 12.4. The van der Waals surface area contributed by atoms with Gasteiger partial charge in [0.1, 0.15) is 0 Å². The van der Waals surface area contributed by atoms with Crippen molar-refractivity contribution in [2.75, 3.05) is 19.0 Å². The van der Waals surface area contributed by atoms with Gasteiger partial charge in [-0.25, -0.2) is 0 Å². The van der Waals surface area contributed by atoms with E-state index in [1.54, 1.807) is 49.6 Å². The molecule has 0 heterocycles. The molecule has 5 nitrogen and oxygen atoms in total. The van der Waals surface area contributed by atoms with Gasteiger partial charge in [0.25, 0.3) is 5.91 Å². The lowest BCUT2D eigenvalue weighted by Crippen LogP contribution is -2.12. The first-order chi connectivity index (χ1) is 11.9. The molecule has 132 valence electrons. The van der Waals surface area contributed by atoms with Crippen LogP contribution in [0.15, 0.2) is 42.5 Å². The molecule has 0 aliphatic carbocycles. The van der Waals surface area contributed by atoms with Crippen molar-refractivity contribution in [2.24, 2.45) is 5.92 Å². The van der Waals surface area contributed by atoms with Crippen LogP contribution in [-0.2, 0) is 0 Å². The lowest BCUT2D eigenvalue weighted by Gasteiger charge is -2.13. The zero-order valence-corrected chi connectivity index (χ0v) is 15.0. The van der Waals surface area contributed by atoms with E-state index in [4.69, 9.17) is 9.47 Å². The molecule has 0 aliphatic rings. The maximum Gasteiger partial charge on any atom is 0.255 e. The molecule has 0 unspecified atom stereocenters. The topological polar surface area (TPSA) is 64.6 Å². The smallest absolute Gasteiger partial charge is 0.255 e. The molecule has 1 amide bonds. The Bertz CT molecular complexity index is 751. The van der Waals surface area contributed by atoms with Gasteiger partial charge in [0.2, 0.25) is 0 Å². The summed E-state index contributed by atoms with van der Waals surface area (Å²) in [6.45, 7) is 6.20. The van der Waals surface area contributed by atoms with Gasteiger partial charge in [-0.05, 0) is 55.3 Å². The van der Waals surface area contributed by atoms with E-state index in [1.807, 2.05) is 0 Å². The summed E-state index contributed by atoms with van der Waals surface area (Å²) in [5, 5.41) is 2.80. The molecule has 0 atom stereocenters. The molecule has 1 N–H and O–H groups in total. The number of carbonyl (C=O) groups is 2. The first kappa shape index (κ1) is 18.5. The van der Waals surface area contributed by atoms with Crippen LogP contribution >= 0.6 is 0 Å². The standard InChI is InChI=1S/C20H23NO4/c1-13(2)12-25-18-10-7-16(11-19(18)24-4)20(23)21-17-8-5-15(6-9-17)14(3)22/h5-11,13H,12H2,1-4H3,(H,21,23). The molecule has 2 aromatic carbocycles. The van der Waals surface area contributed by atoms with Crippen LogP contribution < -0.4 is 14.8 Å². The lowest BCUT2D eigenvalue weighted by molar-refractivity contribution is 0.101. The molecule has 0 aromatic heterocycles. The SMILES string of the molecule is COc1cc(C(=O)Nc2ccc(C(C)=O)cc2)ccc1OCC(C)C. The first-order valence-corrected chi connectivity index (χ1v) is 8.14. The predicted octanol–water partition coefficient (Wildman–Crippen LogP) is 4.18. The molecule has 25 heavy (non-hydrogen) atoms. The normalized spacial score (nSPS) is 10.4. The third-order valence-electron chi connectivity index (χ3n) is 3.55. The van der Waals surface area contributed by atoms with Crippen LogP contribution in [0.2, 0.25) is 0 Å². The number of Topliss-reactive ketones (excluding diaryl/α,β-unsaturated/α-hetero) is 1. The number of nitrogens with one attached hydrogen (secondary N) is 1. The number of methoxy groups -OCH3 is 1. The van der Waals surface area contributed by atoms with Crippen molar-refractivity contribution >= 4 is 17.4 Å². The molecular formula is C20H23NO4. The van der Waals surface area contributed by atoms with Gasteiger partial charge in [0.05, 0.1) is 13.7 Å². The Hall–Kier alpha value is -2.82. The molecule has 0 radical (unpaired) electrons. The number of ether oxygens (including phenoxy) is 2. The van der Waals surface area contributed by atoms with Gasteiger partial charge in [-0.2, -0.15) is 0 Å². The zero-order chi connectivity index (χ0) is 18.4. The number of hydrogen-bond acceptors (Lipinski definition) is 4. The minimum atomic E-state index is -0.260. The fourth-order valence-electron chi connectivity index (χ4n) is 2.18. The molecule has 0 bridgehead atoms. The van der Waals surface area contributed by atoms with E-state index in [9.17, 15) is 9.59 Å². The molecule has 2 rings (SSSR count). The van der Waals surface area contributed by atoms with Crippen LogP contribution in [0.4, 0.5) is 5.69 Å². The molecule has 0 fully saturated rings. The monoisotopic (exact) mass is 341 g/mol. The van der Waals surface area contributed by atoms with E-state index >= 15 is 0 Å². The number of carbonyl (C=O) groups excluding carboxylic acids is 2. The minimum Gasteiger partial charge on any atom is -0.493 e. The van der Waals surface area contributed by atoms with Crippen molar-refractivity contribution in [3.05, 3.63) is 53.6 Å². The fraction of sp³-hybridized carbons (Fsp3) is 0.300. The van der Waals surface area contributed by atoms with Crippen LogP contribution in [0.3, 0.4) is 0 Å². The number of ketones is 1. The average molecular weight is 341 g/mol. The molecule has 5 heteroatoms. The Morgan fingerprint density at radius 1 is 1.00 bits per heavy atom. The highest BCUT2D eigenvalue weighted by Crippen LogP contribution is 2.28. The van der Waals surface area contributed by atoms with Gasteiger partial charge in [0.15, 0.2) is 17.3 Å². The van der Waals surface area contributed by atoms with E-state index in [2.05, 4.69) is 19.2 Å². The van der Waals surface area contributed by atoms with Crippen molar-refractivity contribution in [3.63, 3.8) is 0 Å². The van der Waals surface area contributed by atoms with Gasteiger partial charge < -0.3 is 14.8 Å². The summed E-state index contributed by atoms with van der Waals surface area (Å²) in [7, 11) is 1.54. The molecular weight excluding hydrogens is 318 g/mol. The van der Waals surface area contributed by atoms with Gasteiger partial charge in [0, 0.05) is 16.8 Å². The second-order valence-corrected chi connectivity index (χ2v) is 6.16. The predicted molar refractivity (Wildman–Crippen MR) is 97.7 cm³/mol. The quantitative estimate of drug-likeness (QED) is 0.767. The third-order valence-corrected chi connectivity index (χ3v) is 3.55. The van der Waals surface area contributed by atoms with Gasteiger partial charge in [-0.3, -0.25) is 9.59 Å². The van der Waals surface area contributed by atoms with Crippen LogP contribution in [0.25, 0.3) is 0 Å². The summed E-state index contributed by atoms with van der Waals surface area (Å²) in [6.07, 6.45) is 0. The second kappa shape index (κ2) is 8.33. The highest BCUT2D eigenvalue weighted by molar-refractivity contribution is 6.05. The van der Waals surface area contributed by atoms with Crippen LogP contribution in [0.5, 0.6) is 11.5 Å². The summed E-state index contributed by atoms with van der Waals surface area (Å²) in [6, 6.07) is 11.8. The minimum absolute atomic E-state index is 0.0143. The maximum absolute atomic E-state index is 12.4. The fourth-order valence-corrected chi connectivity index (χ4v) is 2.18. The van der Waals surface area contributed by atoms with Crippen molar-refractivity contribution < 1.29 is 19.1 Å². The van der Waals surface area contributed by atoms with Crippen molar-refractivity contribution in [1.82, 2.24) is 0 Å². The van der Waals surface area contributed by atoms with E-state index in [1.165, 1.54) is 6.92 Å². The van der Waals surface area contributed by atoms with Crippen molar-refractivity contribution in [3.8, 4) is 11.5 Å². The summed E-state index contributed by atoms with van der Waals surface area (Å²) < 4.78 is 11.0. The molecule has 0 spiro atoms. The van der Waals surface area contributed by atoms with Crippen molar-refractivity contribution in [2.45, 2.75) is 20.8 Å². The Morgan fingerprint density at radius 3 is 2.20 bits per heavy atom.